The molecule has 0 bridgehead atoms. The molecule has 0 saturated carbocycles. The second-order valence-electron chi connectivity index (χ2n) is 3.59. The third-order valence-electron chi connectivity index (χ3n) is 2.38. The molecule has 0 amide bonds. The van der Waals surface area contributed by atoms with Gasteiger partial charge in [0, 0.05) is 0 Å². The third-order valence-corrected chi connectivity index (χ3v) is 2.38. The maximum Gasteiger partial charge on any atom is 0.171 e. The van der Waals surface area contributed by atoms with E-state index >= 15 is 0 Å². The average molecular weight is 228 g/mol. The van der Waals surface area contributed by atoms with Crippen LogP contribution in [0.3, 0.4) is 0 Å². The fraction of sp³-hybridized carbons (Fsp3) is 0.0714. The zero-order chi connectivity index (χ0) is 12.1. The highest BCUT2D eigenvalue weighted by Crippen LogP contribution is 2.29. The fourth-order valence-electron chi connectivity index (χ4n) is 1.52. The van der Waals surface area contributed by atoms with Crippen LogP contribution in [0, 0.1) is 0 Å². The second-order valence-corrected chi connectivity index (χ2v) is 3.59. The first-order valence-electron chi connectivity index (χ1n) is 5.25. The van der Waals surface area contributed by atoms with E-state index in [9.17, 15) is 9.90 Å². The number of rotatable bonds is 4. The van der Waals surface area contributed by atoms with Crippen molar-refractivity contribution in [3.05, 3.63) is 59.7 Å². The number of phenolic OH excluding ortho intramolecular Hbond substituents is 1. The molecular weight excluding hydrogens is 216 g/mol. The van der Waals surface area contributed by atoms with Crippen molar-refractivity contribution in [1.82, 2.24) is 0 Å². The molecule has 0 heterocycles. The Morgan fingerprint density at radius 1 is 1.06 bits per heavy atom. The molecule has 0 saturated heterocycles. The predicted octanol–water partition coefficient (Wildman–Crippen LogP) is 2.78. The molecule has 0 aromatic heterocycles. The van der Waals surface area contributed by atoms with Gasteiger partial charge in [-0.25, -0.2) is 0 Å². The maximum absolute atomic E-state index is 10.8. The lowest BCUT2D eigenvalue weighted by atomic mass is 10.2. The number of carbonyl (C=O) groups excluding carboxylic acids is 1. The second kappa shape index (κ2) is 5.16. The maximum atomic E-state index is 10.8. The summed E-state index contributed by atoms with van der Waals surface area (Å²) in [5, 5.41) is 9.62. The molecule has 0 atom stereocenters. The Morgan fingerprint density at radius 2 is 1.82 bits per heavy atom. The van der Waals surface area contributed by atoms with Gasteiger partial charge in [0.2, 0.25) is 0 Å². The van der Waals surface area contributed by atoms with Gasteiger partial charge in [-0.1, -0.05) is 36.4 Å². The molecule has 1 N–H and O–H groups in total. The molecule has 2 aromatic rings. The highest BCUT2D eigenvalue weighted by Gasteiger charge is 2.08. The van der Waals surface area contributed by atoms with Gasteiger partial charge in [0.25, 0.3) is 0 Å². The van der Waals surface area contributed by atoms with Crippen molar-refractivity contribution in [3.63, 3.8) is 0 Å². The number of carbonyl (C=O) groups is 1. The Morgan fingerprint density at radius 3 is 2.53 bits per heavy atom. The normalized spacial score (nSPS) is 9.88. The number of benzene rings is 2. The van der Waals surface area contributed by atoms with Crippen LogP contribution >= 0.6 is 0 Å². The predicted molar refractivity (Wildman–Crippen MR) is 64.3 cm³/mol. The SMILES string of the molecule is O=Cc1cccc(O)c1OCc1ccccc1. The average Bonchev–Trinajstić information content (AvgIpc) is 2.38. The smallest absolute Gasteiger partial charge is 0.171 e. The van der Waals surface area contributed by atoms with Crippen molar-refractivity contribution >= 4 is 6.29 Å². The molecule has 0 unspecified atom stereocenters. The minimum absolute atomic E-state index is 0.0227. The van der Waals surface area contributed by atoms with Gasteiger partial charge in [0.05, 0.1) is 5.56 Å². The third kappa shape index (κ3) is 2.64. The van der Waals surface area contributed by atoms with E-state index in [-0.39, 0.29) is 11.5 Å². The Balaban J connectivity index is 2.16. The van der Waals surface area contributed by atoms with Gasteiger partial charge < -0.3 is 9.84 Å². The van der Waals surface area contributed by atoms with Gasteiger partial charge in [0.1, 0.15) is 6.61 Å². The summed E-state index contributed by atoms with van der Waals surface area (Å²) in [4.78, 5) is 10.8. The van der Waals surface area contributed by atoms with E-state index in [1.807, 2.05) is 30.3 Å². The molecule has 0 aliphatic heterocycles. The molecular formula is C14H12O3. The van der Waals surface area contributed by atoms with Crippen LogP contribution < -0.4 is 4.74 Å². The summed E-state index contributed by atoms with van der Waals surface area (Å²) in [5.74, 6) is 0.205. The topological polar surface area (TPSA) is 46.5 Å². The molecule has 17 heavy (non-hydrogen) atoms. The Kier molecular flexibility index (Phi) is 3.40. The molecule has 2 aromatic carbocycles. The van der Waals surface area contributed by atoms with Crippen LogP contribution in [0.4, 0.5) is 0 Å². The molecule has 2 rings (SSSR count). The summed E-state index contributed by atoms with van der Waals surface area (Å²) in [7, 11) is 0. The van der Waals surface area contributed by atoms with Gasteiger partial charge >= 0.3 is 0 Å². The zero-order valence-electron chi connectivity index (χ0n) is 9.17. The first kappa shape index (κ1) is 11.2. The van der Waals surface area contributed by atoms with Crippen LogP contribution in [0.15, 0.2) is 48.5 Å². The largest absolute Gasteiger partial charge is 0.504 e. The van der Waals surface area contributed by atoms with E-state index in [2.05, 4.69) is 0 Å². The fourth-order valence-corrected chi connectivity index (χ4v) is 1.52. The van der Waals surface area contributed by atoms with E-state index in [1.54, 1.807) is 12.1 Å². The van der Waals surface area contributed by atoms with E-state index in [1.165, 1.54) is 6.07 Å². The summed E-state index contributed by atoms with van der Waals surface area (Å²) in [6.07, 6.45) is 0.667. The summed E-state index contributed by atoms with van der Waals surface area (Å²) >= 11 is 0. The lowest BCUT2D eigenvalue weighted by Crippen LogP contribution is -1.98. The Labute approximate surface area is 99.3 Å². The highest BCUT2D eigenvalue weighted by atomic mass is 16.5. The minimum Gasteiger partial charge on any atom is -0.504 e. The lowest BCUT2D eigenvalue weighted by molar-refractivity contribution is 0.111. The number of ether oxygens (including phenoxy) is 1. The van der Waals surface area contributed by atoms with Gasteiger partial charge in [0.15, 0.2) is 17.8 Å². The van der Waals surface area contributed by atoms with E-state index in [4.69, 9.17) is 4.74 Å². The monoisotopic (exact) mass is 228 g/mol. The molecule has 0 fully saturated rings. The summed E-state index contributed by atoms with van der Waals surface area (Å²) in [5.41, 5.74) is 1.33. The number of aromatic hydroxyl groups is 1. The van der Waals surface area contributed by atoms with Gasteiger partial charge in [-0.2, -0.15) is 0 Å². The Hall–Kier alpha value is -2.29. The molecule has 3 nitrogen and oxygen atoms in total. The number of hydrogen-bond acceptors (Lipinski definition) is 3. The van der Waals surface area contributed by atoms with E-state index in [0.29, 0.717) is 18.5 Å². The van der Waals surface area contributed by atoms with Crippen molar-refractivity contribution in [2.24, 2.45) is 0 Å². The van der Waals surface area contributed by atoms with Crippen LogP contribution in [-0.2, 0) is 6.61 Å². The van der Waals surface area contributed by atoms with Crippen molar-refractivity contribution < 1.29 is 14.6 Å². The lowest BCUT2D eigenvalue weighted by Gasteiger charge is -2.09. The van der Waals surface area contributed by atoms with Gasteiger partial charge in [-0.05, 0) is 17.7 Å². The summed E-state index contributed by atoms with van der Waals surface area (Å²) in [6.45, 7) is 0.319. The highest BCUT2D eigenvalue weighted by molar-refractivity contribution is 5.81. The summed E-state index contributed by atoms with van der Waals surface area (Å²) < 4.78 is 5.46. The van der Waals surface area contributed by atoms with Gasteiger partial charge in [-0.3, -0.25) is 4.79 Å². The van der Waals surface area contributed by atoms with Gasteiger partial charge in [-0.15, -0.1) is 0 Å². The Bertz CT molecular complexity index is 506. The number of hydrogen-bond donors (Lipinski definition) is 1. The van der Waals surface area contributed by atoms with Crippen molar-refractivity contribution in [2.75, 3.05) is 0 Å². The number of para-hydroxylation sites is 1. The standard InChI is InChI=1S/C14H12O3/c15-9-12-7-4-8-13(16)14(12)17-10-11-5-2-1-3-6-11/h1-9,16H,10H2. The molecule has 0 aliphatic carbocycles. The van der Waals surface area contributed by atoms with Crippen LogP contribution in [0.1, 0.15) is 15.9 Å². The first-order chi connectivity index (χ1) is 8.31. The van der Waals surface area contributed by atoms with Crippen LogP contribution in [-0.4, -0.2) is 11.4 Å². The molecule has 0 aliphatic rings. The molecule has 86 valence electrons. The van der Waals surface area contributed by atoms with E-state index in [0.717, 1.165) is 5.56 Å². The first-order valence-corrected chi connectivity index (χ1v) is 5.25. The quantitative estimate of drug-likeness (QED) is 0.818. The summed E-state index contributed by atoms with van der Waals surface area (Å²) in [6, 6.07) is 14.3. The zero-order valence-corrected chi connectivity index (χ0v) is 9.17. The van der Waals surface area contributed by atoms with Crippen LogP contribution in [0.25, 0.3) is 0 Å². The van der Waals surface area contributed by atoms with Crippen molar-refractivity contribution in [2.45, 2.75) is 6.61 Å². The molecule has 0 spiro atoms. The van der Waals surface area contributed by atoms with Crippen molar-refractivity contribution in [1.29, 1.82) is 0 Å². The number of phenols is 1. The molecule has 0 radical (unpaired) electrons. The van der Waals surface area contributed by atoms with Crippen molar-refractivity contribution in [3.8, 4) is 11.5 Å². The molecule has 3 heteroatoms. The number of aldehydes is 1. The van der Waals surface area contributed by atoms with Crippen LogP contribution in [0.2, 0.25) is 0 Å². The van der Waals surface area contributed by atoms with E-state index < -0.39 is 0 Å². The minimum atomic E-state index is -0.0227. The van der Waals surface area contributed by atoms with Crippen LogP contribution in [0.5, 0.6) is 11.5 Å².